The standard InChI is InChI=1S/C13H17BrF2N2O/c14-10-1-2-11(15)9(13(10)16)7-12(18-17)8-3-5-19-6-4-8/h1-2,8,12,18H,3-7,17H2. The monoisotopic (exact) mass is 334 g/mol. The highest BCUT2D eigenvalue weighted by molar-refractivity contribution is 9.10. The number of halogens is 3. The third-order valence-corrected chi connectivity index (χ3v) is 4.22. The summed E-state index contributed by atoms with van der Waals surface area (Å²) in [7, 11) is 0. The fourth-order valence-electron chi connectivity index (χ4n) is 2.46. The summed E-state index contributed by atoms with van der Waals surface area (Å²) in [4.78, 5) is 0. The van der Waals surface area contributed by atoms with Gasteiger partial charge in [0.25, 0.3) is 0 Å². The van der Waals surface area contributed by atoms with Crippen LogP contribution in [0.25, 0.3) is 0 Å². The maximum atomic E-state index is 13.9. The molecule has 19 heavy (non-hydrogen) atoms. The summed E-state index contributed by atoms with van der Waals surface area (Å²) in [6.07, 6.45) is 1.94. The minimum atomic E-state index is -0.549. The van der Waals surface area contributed by atoms with Gasteiger partial charge in [0.1, 0.15) is 11.6 Å². The molecule has 1 aromatic carbocycles. The molecule has 2 rings (SSSR count). The van der Waals surface area contributed by atoms with E-state index in [1.165, 1.54) is 12.1 Å². The molecule has 0 radical (unpaired) electrons. The Bertz CT molecular complexity index is 439. The molecule has 1 saturated heterocycles. The molecule has 1 heterocycles. The van der Waals surface area contributed by atoms with Crippen LogP contribution in [0, 0.1) is 17.6 Å². The fraction of sp³-hybridized carbons (Fsp3) is 0.538. The Morgan fingerprint density at radius 3 is 2.68 bits per heavy atom. The maximum Gasteiger partial charge on any atom is 0.143 e. The largest absolute Gasteiger partial charge is 0.381 e. The molecule has 3 nitrogen and oxygen atoms in total. The Labute approximate surface area is 119 Å². The van der Waals surface area contributed by atoms with Crippen LogP contribution >= 0.6 is 15.9 Å². The average molecular weight is 335 g/mol. The van der Waals surface area contributed by atoms with E-state index in [0.717, 1.165) is 12.8 Å². The van der Waals surface area contributed by atoms with Gasteiger partial charge < -0.3 is 4.74 Å². The van der Waals surface area contributed by atoms with Crippen LogP contribution in [-0.4, -0.2) is 19.3 Å². The molecule has 0 spiro atoms. The van der Waals surface area contributed by atoms with E-state index in [-0.39, 0.29) is 28.4 Å². The van der Waals surface area contributed by atoms with E-state index in [1.807, 2.05) is 0 Å². The first-order chi connectivity index (χ1) is 9.13. The molecule has 1 unspecified atom stereocenters. The summed E-state index contributed by atoms with van der Waals surface area (Å²) in [5.74, 6) is 4.73. The summed E-state index contributed by atoms with van der Waals surface area (Å²) < 4.78 is 33.2. The Hall–Kier alpha value is -0.560. The molecule has 6 heteroatoms. The number of nitrogens with two attached hydrogens (primary N) is 1. The minimum Gasteiger partial charge on any atom is -0.381 e. The number of hydrazine groups is 1. The van der Waals surface area contributed by atoms with Crippen molar-refractivity contribution in [3.8, 4) is 0 Å². The summed E-state index contributed by atoms with van der Waals surface area (Å²) in [5.41, 5.74) is 2.76. The van der Waals surface area contributed by atoms with Crippen molar-refractivity contribution in [2.45, 2.75) is 25.3 Å². The molecule has 3 N–H and O–H groups in total. The highest BCUT2D eigenvalue weighted by atomic mass is 79.9. The second-order valence-corrected chi connectivity index (χ2v) is 5.60. The van der Waals surface area contributed by atoms with E-state index in [0.29, 0.717) is 13.2 Å². The second-order valence-electron chi connectivity index (χ2n) is 4.75. The predicted octanol–water partition coefficient (Wildman–Crippen LogP) is 2.53. The van der Waals surface area contributed by atoms with E-state index >= 15 is 0 Å². The lowest BCUT2D eigenvalue weighted by Crippen LogP contribution is -2.44. The van der Waals surface area contributed by atoms with Crippen LogP contribution in [0.4, 0.5) is 8.78 Å². The molecule has 106 valence electrons. The topological polar surface area (TPSA) is 47.3 Å². The van der Waals surface area contributed by atoms with E-state index in [4.69, 9.17) is 10.6 Å². The van der Waals surface area contributed by atoms with Crippen molar-refractivity contribution in [3.05, 3.63) is 33.8 Å². The third kappa shape index (κ3) is 3.51. The molecule has 0 bridgehead atoms. The zero-order chi connectivity index (χ0) is 13.8. The molecule has 1 atom stereocenters. The third-order valence-electron chi connectivity index (χ3n) is 3.61. The minimum absolute atomic E-state index is 0.0730. The smallest absolute Gasteiger partial charge is 0.143 e. The van der Waals surface area contributed by atoms with Gasteiger partial charge in [0.2, 0.25) is 0 Å². The van der Waals surface area contributed by atoms with Crippen LogP contribution in [0.1, 0.15) is 18.4 Å². The van der Waals surface area contributed by atoms with Gasteiger partial charge in [-0.15, -0.1) is 0 Å². The van der Waals surface area contributed by atoms with E-state index < -0.39 is 11.6 Å². The number of ether oxygens (including phenoxy) is 1. The molecule has 1 aromatic rings. The van der Waals surface area contributed by atoms with E-state index in [1.54, 1.807) is 0 Å². The molecule has 1 aliphatic rings. The number of hydrogen-bond donors (Lipinski definition) is 2. The summed E-state index contributed by atoms with van der Waals surface area (Å²) >= 11 is 3.07. The van der Waals surface area contributed by atoms with E-state index in [2.05, 4.69) is 21.4 Å². The van der Waals surface area contributed by atoms with Crippen molar-refractivity contribution >= 4 is 15.9 Å². The van der Waals surface area contributed by atoms with Crippen LogP contribution in [0.3, 0.4) is 0 Å². The highest BCUT2D eigenvalue weighted by Gasteiger charge is 2.26. The molecular weight excluding hydrogens is 318 g/mol. The van der Waals surface area contributed by atoms with E-state index in [9.17, 15) is 8.78 Å². The fourth-order valence-corrected chi connectivity index (χ4v) is 2.83. The van der Waals surface area contributed by atoms with Crippen molar-refractivity contribution < 1.29 is 13.5 Å². The van der Waals surface area contributed by atoms with Crippen molar-refractivity contribution in [2.24, 2.45) is 11.8 Å². The van der Waals surface area contributed by atoms with Crippen molar-refractivity contribution in [1.29, 1.82) is 0 Å². The Kier molecular flexibility index (Phi) is 5.27. The van der Waals surface area contributed by atoms with Gasteiger partial charge in [-0.1, -0.05) is 0 Å². The SMILES string of the molecule is NNC(Cc1c(F)ccc(Br)c1F)C1CCOCC1. The van der Waals surface area contributed by atoms with Crippen LogP contribution in [0.5, 0.6) is 0 Å². The molecule has 0 saturated carbocycles. The number of hydrogen-bond acceptors (Lipinski definition) is 3. The lowest BCUT2D eigenvalue weighted by atomic mass is 9.88. The van der Waals surface area contributed by atoms with Gasteiger partial charge in [-0.3, -0.25) is 11.3 Å². The number of benzene rings is 1. The molecule has 0 aromatic heterocycles. The van der Waals surface area contributed by atoms with Gasteiger partial charge in [-0.2, -0.15) is 0 Å². The van der Waals surface area contributed by atoms with Crippen LogP contribution < -0.4 is 11.3 Å². The van der Waals surface area contributed by atoms with Crippen molar-refractivity contribution in [1.82, 2.24) is 5.43 Å². The molecule has 0 aliphatic carbocycles. The van der Waals surface area contributed by atoms with Crippen LogP contribution in [0.2, 0.25) is 0 Å². The predicted molar refractivity (Wildman–Crippen MR) is 72.4 cm³/mol. The second kappa shape index (κ2) is 6.74. The lowest BCUT2D eigenvalue weighted by molar-refractivity contribution is 0.0535. The van der Waals surface area contributed by atoms with Crippen LogP contribution in [-0.2, 0) is 11.2 Å². The maximum absolute atomic E-state index is 13.9. The van der Waals surface area contributed by atoms with Gasteiger partial charge in [-0.05, 0) is 53.2 Å². The zero-order valence-electron chi connectivity index (χ0n) is 10.5. The Morgan fingerprint density at radius 1 is 1.37 bits per heavy atom. The molecular formula is C13H17BrF2N2O. The first-order valence-corrected chi connectivity index (χ1v) is 7.09. The Morgan fingerprint density at radius 2 is 2.05 bits per heavy atom. The molecule has 1 fully saturated rings. The van der Waals surface area contributed by atoms with Gasteiger partial charge in [0, 0.05) is 24.8 Å². The highest BCUT2D eigenvalue weighted by Crippen LogP contribution is 2.26. The van der Waals surface area contributed by atoms with Gasteiger partial charge in [-0.25, -0.2) is 8.78 Å². The first kappa shape index (κ1) is 14.8. The van der Waals surface area contributed by atoms with Gasteiger partial charge in [0.15, 0.2) is 0 Å². The summed E-state index contributed by atoms with van der Waals surface area (Å²) in [6, 6.07) is 2.48. The molecule has 0 amide bonds. The zero-order valence-corrected chi connectivity index (χ0v) is 12.1. The van der Waals surface area contributed by atoms with Crippen LogP contribution in [0.15, 0.2) is 16.6 Å². The van der Waals surface area contributed by atoms with Gasteiger partial charge >= 0.3 is 0 Å². The first-order valence-electron chi connectivity index (χ1n) is 6.29. The quantitative estimate of drug-likeness (QED) is 0.505. The molecule has 1 aliphatic heterocycles. The van der Waals surface area contributed by atoms with Gasteiger partial charge in [0.05, 0.1) is 4.47 Å². The Balaban J connectivity index is 2.15. The normalized spacial score (nSPS) is 18.5. The van der Waals surface area contributed by atoms with Crippen molar-refractivity contribution in [2.75, 3.05) is 13.2 Å². The lowest BCUT2D eigenvalue weighted by Gasteiger charge is -2.30. The summed E-state index contributed by atoms with van der Waals surface area (Å²) in [6.45, 7) is 1.35. The average Bonchev–Trinajstić information content (AvgIpc) is 2.44. The number of rotatable bonds is 4. The number of nitrogens with one attached hydrogen (secondary N) is 1. The summed E-state index contributed by atoms with van der Waals surface area (Å²) in [5, 5.41) is 0. The van der Waals surface area contributed by atoms with Crippen molar-refractivity contribution in [3.63, 3.8) is 0 Å².